The fraction of sp³-hybridized carbons (Fsp3) is 0.294. The molecule has 0 bridgehead atoms. The number of ether oxygens (including phenoxy) is 2. The zero-order chi connectivity index (χ0) is 15.1. The lowest BCUT2D eigenvalue weighted by molar-refractivity contribution is 0.338. The third-order valence-corrected chi connectivity index (χ3v) is 3.33. The predicted molar refractivity (Wildman–Crippen MR) is 86.5 cm³/mol. The van der Waals surface area contributed by atoms with Gasteiger partial charge in [0.05, 0.1) is 6.61 Å². The second kappa shape index (κ2) is 7.91. The van der Waals surface area contributed by atoms with Gasteiger partial charge in [0.15, 0.2) is 0 Å². The molecular weight excluding hydrogens is 286 g/mol. The van der Waals surface area contributed by atoms with Gasteiger partial charge in [-0.3, -0.25) is 0 Å². The lowest BCUT2D eigenvalue weighted by atomic mass is 10.2. The van der Waals surface area contributed by atoms with Gasteiger partial charge < -0.3 is 14.8 Å². The topological polar surface area (TPSA) is 30.5 Å². The fourth-order valence-electron chi connectivity index (χ4n) is 1.98. The molecule has 0 radical (unpaired) electrons. The van der Waals surface area contributed by atoms with Crippen LogP contribution in [0.3, 0.4) is 0 Å². The van der Waals surface area contributed by atoms with Gasteiger partial charge in [-0.05, 0) is 37.7 Å². The molecule has 1 N–H and O–H groups in total. The van der Waals surface area contributed by atoms with Crippen molar-refractivity contribution >= 4 is 11.6 Å². The van der Waals surface area contributed by atoms with Crippen LogP contribution >= 0.6 is 11.6 Å². The normalized spacial score (nSPS) is 10.4. The molecule has 0 heterocycles. The van der Waals surface area contributed by atoms with E-state index in [0.29, 0.717) is 18.2 Å². The molecule has 0 aliphatic heterocycles. The molecule has 0 amide bonds. The Morgan fingerprint density at radius 3 is 2.57 bits per heavy atom. The van der Waals surface area contributed by atoms with Gasteiger partial charge >= 0.3 is 0 Å². The Balaban J connectivity index is 2.22. The molecule has 0 aliphatic carbocycles. The van der Waals surface area contributed by atoms with Gasteiger partial charge in [0.25, 0.3) is 0 Å². The molecule has 0 aromatic heterocycles. The summed E-state index contributed by atoms with van der Waals surface area (Å²) in [6, 6.07) is 13.3. The summed E-state index contributed by atoms with van der Waals surface area (Å²) in [7, 11) is 0. The van der Waals surface area contributed by atoms with Gasteiger partial charge in [0.1, 0.15) is 17.2 Å². The van der Waals surface area contributed by atoms with Gasteiger partial charge in [-0.15, -0.1) is 0 Å². The number of rotatable bonds is 7. The van der Waals surface area contributed by atoms with Crippen molar-refractivity contribution in [2.75, 3.05) is 13.2 Å². The SMILES string of the molecule is CCNCc1c(Cl)cccc1Oc1cccc(OCC)c1. The largest absolute Gasteiger partial charge is 0.494 e. The summed E-state index contributed by atoms with van der Waals surface area (Å²) in [5.41, 5.74) is 0.961. The maximum Gasteiger partial charge on any atom is 0.133 e. The van der Waals surface area contributed by atoms with E-state index in [-0.39, 0.29) is 0 Å². The molecule has 0 saturated heterocycles. The number of halogens is 1. The summed E-state index contributed by atoms with van der Waals surface area (Å²) in [6.07, 6.45) is 0. The van der Waals surface area contributed by atoms with E-state index >= 15 is 0 Å². The molecule has 0 atom stereocenters. The maximum atomic E-state index is 6.27. The van der Waals surface area contributed by atoms with E-state index in [2.05, 4.69) is 12.2 Å². The number of hydrogen-bond acceptors (Lipinski definition) is 3. The quantitative estimate of drug-likeness (QED) is 0.808. The summed E-state index contributed by atoms with van der Waals surface area (Å²) < 4.78 is 11.5. The standard InChI is InChI=1S/C17H20ClNO2/c1-3-19-12-15-16(18)9-6-10-17(15)21-14-8-5-7-13(11-14)20-4-2/h5-11,19H,3-4,12H2,1-2H3. The molecule has 4 heteroatoms. The lowest BCUT2D eigenvalue weighted by Gasteiger charge is -2.13. The minimum absolute atomic E-state index is 0.631. The Hall–Kier alpha value is -1.71. The first-order valence-corrected chi connectivity index (χ1v) is 7.51. The van der Waals surface area contributed by atoms with Crippen LogP contribution in [0.5, 0.6) is 17.2 Å². The van der Waals surface area contributed by atoms with Crippen molar-refractivity contribution in [2.45, 2.75) is 20.4 Å². The lowest BCUT2D eigenvalue weighted by Crippen LogP contribution is -2.12. The van der Waals surface area contributed by atoms with E-state index in [1.165, 1.54) is 0 Å². The van der Waals surface area contributed by atoms with E-state index in [0.717, 1.165) is 29.4 Å². The van der Waals surface area contributed by atoms with Crippen molar-refractivity contribution < 1.29 is 9.47 Å². The maximum absolute atomic E-state index is 6.27. The first-order chi connectivity index (χ1) is 10.2. The Morgan fingerprint density at radius 1 is 1.05 bits per heavy atom. The van der Waals surface area contributed by atoms with Crippen LogP contribution in [-0.2, 0) is 6.54 Å². The minimum atomic E-state index is 0.631. The smallest absolute Gasteiger partial charge is 0.133 e. The Morgan fingerprint density at radius 2 is 1.81 bits per heavy atom. The van der Waals surface area contributed by atoms with Crippen LogP contribution in [0.15, 0.2) is 42.5 Å². The highest BCUT2D eigenvalue weighted by molar-refractivity contribution is 6.31. The number of benzene rings is 2. The highest BCUT2D eigenvalue weighted by atomic mass is 35.5. The zero-order valence-electron chi connectivity index (χ0n) is 12.4. The molecule has 0 unspecified atom stereocenters. The molecule has 0 fully saturated rings. The molecule has 0 saturated carbocycles. The second-order valence-electron chi connectivity index (χ2n) is 4.51. The summed E-state index contributed by atoms with van der Waals surface area (Å²) in [6.45, 7) is 6.20. The average Bonchev–Trinajstić information content (AvgIpc) is 2.47. The summed E-state index contributed by atoms with van der Waals surface area (Å²) in [4.78, 5) is 0. The van der Waals surface area contributed by atoms with Crippen molar-refractivity contribution in [3.63, 3.8) is 0 Å². The Labute approximate surface area is 130 Å². The first kappa shape index (κ1) is 15.7. The van der Waals surface area contributed by atoms with Gasteiger partial charge in [0.2, 0.25) is 0 Å². The van der Waals surface area contributed by atoms with Gasteiger partial charge in [-0.1, -0.05) is 30.7 Å². The van der Waals surface area contributed by atoms with E-state index in [9.17, 15) is 0 Å². The van der Waals surface area contributed by atoms with Crippen molar-refractivity contribution in [2.24, 2.45) is 0 Å². The van der Waals surface area contributed by atoms with Gasteiger partial charge in [-0.2, -0.15) is 0 Å². The molecule has 2 aromatic rings. The van der Waals surface area contributed by atoms with Crippen molar-refractivity contribution in [3.05, 3.63) is 53.1 Å². The molecule has 2 aromatic carbocycles. The van der Waals surface area contributed by atoms with Crippen LogP contribution in [-0.4, -0.2) is 13.2 Å². The number of hydrogen-bond donors (Lipinski definition) is 1. The molecule has 2 rings (SSSR count). The Bertz CT molecular complexity index is 587. The molecule has 3 nitrogen and oxygen atoms in total. The molecule has 112 valence electrons. The zero-order valence-corrected chi connectivity index (χ0v) is 13.1. The van der Waals surface area contributed by atoms with Crippen LogP contribution < -0.4 is 14.8 Å². The highest BCUT2D eigenvalue weighted by Crippen LogP contribution is 2.31. The predicted octanol–water partition coefficient (Wildman–Crippen LogP) is 4.64. The van der Waals surface area contributed by atoms with Gasteiger partial charge in [-0.25, -0.2) is 0 Å². The average molecular weight is 306 g/mol. The molecule has 21 heavy (non-hydrogen) atoms. The van der Waals surface area contributed by atoms with Crippen molar-refractivity contribution in [1.29, 1.82) is 0 Å². The van der Waals surface area contributed by atoms with Gasteiger partial charge in [0, 0.05) is 23.2 Å². The number of nitrogens with one attached hydrogen (secondary N) is 1. The third kappa shape index (κ3) is 4.38. The monoisotopic (exact) mass is 305 g/mol. The summed E-state index contributed by atoms with van der Waals surface area (Å²) in [5.74, 6) is 2.29. The van der Waals surface area contributed by atoms with Crippen LogP contribution in [0.25, 0.3) is 0 Å². The van der Waals surface area contributed by atoms with Crippen LogP contribution in [0.2, 0.25) is 5.02 Å². The van der Waals surface area contributed by atoms with Crippen molar-refractivity contribution in [3.8, 4) is 17.2 Å². The van der Waals surface area contributed by atoms with E-state index in [1.807, 2.05) is 49.4 Å². The van der Waals surface area contributed by atoms with Crippen LogP contribution in [0.4, 0.5) is 0 Å². The molecule has 0 spiro atoms. The van der Waals surface area contributed by atoms with Crippen molar-refractivity contribution in [1.82, 2.24) is 5.32 Å². The third-order valence-electron chi connectivity index (χ3n) is 2.97. The van der Waals surface area contributed by atoms with E-state index in [4.69, 9.17) is 21.1 Å². The molecular formula is C17H20ClNO2. The molecule has 0 aliphatic rings. The Kier molecular flexibility index (Phi) is 5.90. The first-order valence-electron chi connectivity index (χ1n) is 7.13. The highest BCUT2D eigenvalue weighted by Gasteiger charge is 2.09. The van der Waals surface area contributed by atoms with E-state index in [1.54, 1.807) is 0 Å². The summed E-state index contributed by atoms with van der Waals surface area (Å²) >= 11 is 6.27. The summed E-state index contributed by atoms with van der Waals surface area (Å²) in [5, 5.41) is 3.98. The van der Waals surface area contributed by atoms with E-state index < -0.39 is 0 Å². The van der Waals surface area contributed by atoms with Crippen LogP contribution in [0.1, 0.15) is 19.4 Å². The second-order valence-corrected chi connectivity index (χ2v) is 4.91. The minimum Gasteiger partial charge on any atom is -0.494 e. The van der Waals surface area contributed by atoms with Crippen LogP contribution in [0, 0.1) is 0 Å². The fourth-order valence-corrected chi connectivity index (χ4v) is 2.21.